The SMILES string of the molecule is C[C@@H]1[C@H]2OC(=O)[C@H]2C[C@H]1O[Si](C)(C)C(C)(C)C. The van der Waals surface area contributed by atoms with E-state index in [1.807, 2.05) is 0 Å². The van der Waals surface area contributed by atoms with Crippen LogP contribution < -0.4 is 0 Å². The van der Waals surface area contributed by atoms with Gasteiger partial charge in [-0.15, -0.1) is 0 Å². The second kappa shape index (κ2) is 3.82. The maximum absolute atomic E-state index is 11.3. The first-order chi connectivity index (χ1) is 7.63. The summed E-state index contributed by atoms with van der Waals surface area (Å²) in [5.41, 5.74) is 0. The van der Waals surface area contributed by atoms with E-state index in [0.29, 0.717) is 5.92 Å². The predicted molar refractivity (Wildman–Crippen MR) is 69.2 cm³/mol. The molecular weight excluding hydrogens is 232 g/mol. The van der Waals surface area contributed by atoms with Crippen molar-refractivity contribution in [2.45, 2.75) is 64.5 Å². The lowest BCUT2D eigenvalue weighted by atomic mass is 9.97. The minimum atomic E-state index is -1.73. The molecule has 98 valence electrons. The Morgan fingerprint density at radius 2 is 1.94 bits per heavy atom. The van der Waals surface area contributed by atoms with Gasteiger partial charge in [0.05, 0.1) is 12.0 Å². The first-order valence-corrected chi connectivity index (χ1v) is 9.42. The summed E-state index contributed by atoms with van der Waals surface area (Å²) in [7, 11) is -1.73. The number of hydrogen-bond donors (Lipinski definition) is 0. The van der Waals surface area contributed by atoms with Gasteiger partial charge < -0.3 is 9.16 Å². The van der Waals surface area contributed by atoms with Crippen LogP contribution in [0, 0.1) is 11.8 Å². The first-order valence-electron chi connectivity index (χ1n) is 6.52. The average molecular weight is 256 g/mol. The lowest BCUT2D eigenvalue weighted by Gasteiger charge is -2.39. The van der Waals surface area contributed by atoms with Crippen LogP contribution in [0.1, 0.15) is 34.1 Å². The molecule has 0 bridgehead atoms. The molecule has 1 saturated carbocycles. The van der Waals surface area contributed by atoms with E-state index in [4.69, 9.17) is 9.16 Å². The van der Waals surface area contributed by atoms with Gasteiger partial charge in [-0.25, -0.2) is 0 Å². The summed E-state index contributed by atoms with van der Waals surface area (Å²) in [5.74, 6) is 0.440. The van der Waals surface area contributed by atoms with E-state index in [2.05, 4.69) is 40.8 Å². The van der Waals surface area contributed by atoms with Gasteiger partial charge in [0.25, 0.3) is 0 Å². The molecule has 3 nitrogen and oxygen atoms in total. The molecule has 0 aromatic carbocycles. The van der Waals surface area contributed by atoms with Crippen molar-refractivity contribution in [1.82, 2.24) is 0 Å². The molecule has 0 spiro atoms. The van der Waals surface area contributed by atoms with Gasteiger partial charge in [0.2, 0.25) is 0 Å². The fourth-order valence-electron chi connectivity index (χ4n) is 2.46. The largest absolute Gasteiger partial charge is 0.461 e. The summed E-state index contributed by atoms with van der Waals surface area (Å²) >= 11 is 0. The first kappa shape index (κ1) is 13.1. The van der Waals surface area contributed by atoms with E-state index in [0.717, 1.165) is 6.42 Å². The van der Waals surface area contributed by atoms with Crippen molar-refractivity contribution in [1.29, 1.82) is 0 Å². The van der Waals surface area contributed by atoms with E-state index in [-0.39, 0.29) is 29.1 Å². The Bertz CT molecular complexity index is 332. The van der Waals surface area contributed by atoms with E-state index in [9.17, 15) is 4.79 Å². The van der Waals surface area contributed by atoms with E-state index < -0.39 is 8.32 Å². The van der Waals surface area contributed by atoms with Gasteiger partial charge in [0.15, 0.2) is 8.32 Å². The molecule has 0 N–H and O–H groups in total. The third kappa shape index (κ3) is 2.06. The van der Waals surface area contributed by atoms with Gasteiger partial charge in [-0.05, 0) is 24.6 Å². The molecule has 17 heavy (non-hydrogen) atoms. The number of ether oxygens (including phenoxy) is 1. The minimum absolute atomic E-state index is 0.0248. The fourth-order valence-corrected chi connectivity index (χ4v) is 3.88. The van der Waals surface area contributed by atoms with Crippen LogP contribution in [-0.2, 0) is 14.0 Å². The Hall–Kier alpha value is -0.353. The second-order valence-corrected chi connectivity index (χ2v) is 11.8. The molecule has 1 aliphatic heterocycles. The van der Waals surface area contributed by atoms with Gasteiger partial charge in [0, 0.05) is 5.92 Å². The zero-order valence-corrected chi connectivity index (χ0v) is 12.7. The average Bonchev–Trinajstić information content (AvgIpc) is 2.39. The number of rotatable bonds is 2. The zero-order valence-electron chi connectivity index (χ0n) is 11.7. The number of fused-ring (bicyclic) bond motifs is 1. The Balaban J connectivity index is 2.03. The zero-order chi connectivity index (χ0) is 13.0. The molecule has 1 aliphatic carbocycles. The fraction of sp³-hybridized carbons (Fsp3) is 0.923. The molecular formula is C13H24O3Si. The van der Waals surface area contributed by atoms with Gasteiger partial charge >= 0.3 is 5.97 Å². The van der Waals surface area contributed by atoms with E-state index in [1.165, 1.54) is 0 Å². The summed E-state index contributed by atoms with van der Waals surface area (Å²) in [4.78, 5) is 11.3. The van der Waals surface area contributed by atoms with Crippen LogP contribution in [-0.4, -0.2) is 26.5 Å². The third-order valence-corrected chi connectivity index (χ3v) is 9.30. The Morgan fingerprint density at radius 3 is 2.35 bits per heavy atom. The standard InChI is InChI=1S/C13H24O3Si/c1-8-10(7-9-11(8)15-12(9)14)16-17(5,6)13(2,3)4/h8-11H,7H2,1-6H3/t8-,9-,10+,11+/m0/s1. The molecule has 1 heterocycles. The lowest BCUT2D eigenvalue weighted by Crippen LogP contribution is -2.46. The van der Waals surface area contributed by atoms with Crippen LogP contribution in [0.4, 0.5) is 0 Å². The molecule has 4 heteroatoms. The molecule has 4 atom stereocenters. The molecule has 0 aromatic rings. The maximum atomic E-state index is 11.3. The monoisotopic (exact) mass is 256 g/mol. The summed E-state index contributed by atoms with van der Waals surface area (Å²) in [6.07, 6.45) is 1.19. The van der Waals surface area contributed by atoms with Crippen LogP contribution >= 0.6 is 0 Å². The Labute approximate surface area is 105 Å². The van der Waals surface area contributed by atoms with Crippen LogP contribution in [0.15, 0.2) is 0 Å². The van der Waals surface area contributed by atoms with Crippen LogP contribution in [0.5, 0.6) is 0 Å². The van der Waals surface area contributed by atoms with Crippen molar-refractivity contribution >= 4 is 14.3 Å². The highest BCUT2D eigenvalue weighted by molar-refractivity contribution is 6.74. The molecule has 2 rings (SSSR count). The summed E-state index contributed by atoms with van der Waals surface area (Å²) < 4.78 is 11.6. The normalized spacial score (nSPS) is 37.4. The van der Waals surface area contributed by atoms with Gasteiger partial charge in [-0.2, -0.15) is 0 Å². The predicted octanol–water partition coefficient (Wildman–Crippen LogP) is 2.96. The molecule has 0 unspecified atom stereocenters. The second-order valence-electron chi connectivity index (χ2n) is 7.02. The molecule has 1 saturated heterocycles. The van der Waals surface area contributed by atoms with Crippen LogP contribution in [0.3, 0.4) is 0 Å². The highest BCUT2D eigenvalue weighted by atomic mass is 28.4. The van der Waals surface area contributed by atoms with Crippen LogP contribution in [0.25, 0.3) is 0 Å². The smallest absolute Gasteiger partial charge is 0.313 e. The quantitative estimate of drug-likeness (QED) is 0.563. The summed E-state index contributed by atoms with van der Waals surface area (Å²) in [5, 5.41) is 0.221. The lowest BCUT2D eigenvalue weighted by molar-refractivity contribution is -0.183. The minimum Gasteiger partial charge on any atom is -0.461 e. The third-order valence-electron chi connectivity index (χ3n) is 4.79. The van der Waals surface area contributed by atoms with Crippen LogP contribution in [0.2, 0.25) is 18.1 Å². The van der Waals surface area contributed by atoms with Crippen molar-refractivity contribution < 1.29 is 14.0 Å². The van der Waals surface area contributed by atoms with Gasteiger partial charge in [0.1, 0.15) is 6.10 Å². The highest BCUT2D eigenvalue weighted by Gasteiger charge is 2.56. The highest BCUT2D eigenvalue weighted by Crippen LogP contribution is 2.46. The van der Waals surface area contributed by atoms with Gasteiger partial charge in [-0.1, -0.05) is 27.7 Å². The number of hydrogen-bond acceptors (Lipinski definition) is 3. The van der Waals surface area contributed by atoms with Crippen molar-refractivity contribution in [2.24, 2.45) is 11.8 Å². The molecule has 0 radical (unpaired) electrons. The number of carbonyl (C=O) groups is 1. The maximum Gasteiger partial charge on any atom is 0.313 e. The van der Waals surface area contributed by atoms with Crippen molar-refractivity contribution in [2.75, 3.05) is 0 Å². The summed E-state index contributed by atoms with van der Waals surface area (Å²) in [6.45, 7) is 13.4. The van der Waals surface area contributed by atoms with Gasteiger partial charge in [-0.3, -0.25) is 4.79 Å². The van der Waals surface area contributed by atoms with E-state index in [1.54, 1.807) is 0 Å². The molecule has 2 fully saturated rings. The number of esters is 1. The Kier molecular flexibility index (Phi) is 2.94. The molecule has 0 amide bonds. The van der Waals surface area contributed by atoms with Crippen molar-refractivity contribution in [3.05, 3.63) is 0 Å². The van der Waals surface area contributed by atoms with Crippen molar-refractivity contribution in [3.63, 3.8) is 0 Å². The summed E-state index contributed by atoms with van der Waals surface area (Å²) in [6, 6.07) is 0. The molecule has 0 aromatic heterocycles. The topological polar surface area (TPSA) is 35.5 Å². The Morgan fingerprint density at radius 1 is 1.35 bits per heavy atom. The van der Waals surface area contributed by atoms with Crippen molar-refractivity contribution in [3.8, 4) is 0 Å². The number of carbonyl (C=O) groups excluding carboxylic acids is 1. The molecule has 2 aliphatic rings. The van der Waals surface area contributed by atoms with E-state index >= 15 is 0 Å².